The Morgan fingerprint density at radius 3 is 2.57 bits per heavy atom. The first-order chi connectivity index (χ1) is 13.6. The molecule has 6 heteroatoms. The fourth-order valence-electron chi connectivity index (χ4n) is 2.50. The monoisotopic (exact) mass is 395 g/mol. The van der Waals surface area contributed by atoms with E-state index in [4.69, 9.17) is 14.6 Å². The van der Waals surface area contributed by atoms with Gasteiger partial charge < -0.3 is 14.6 Å². The van der Waals surface area contributed by atoms with Gasteiger partial charge in [-0.25, -0.2) is 4.79 Å². The molecule has 5 nitrogen and oxygen atoms in total. The maximum atomic E-state index is 10.6. The lowest BCUT2D eigenvalue weighted by Crippen LogP contribution is -2.09. The Morgan fingerprint density at radius 1 is 1.07 bits per heavy atom. The maximum absolute atomic E-state index is 10.6. The Kier molecular flexibility index (Phi) is 6.92. The molecule has 3 rings (SSSR count). The summed E-state index contributed by atoms with van der Waals surface area (Å²) in [6, 6.07) is 19.6. The third kappa shape index (κ3) is 6.03. The van der Waals surface area contributed by atoms with E-state index in [1.165, 1.54) is 5.56 Å². The highest BCUT2D eigenvalue weighted by Gasteiger charge is 2.05. The molecule has 0 saturated carbocycles. The second-order valence-corrected chi connectivity index (χ2v) is 7.20. The van der Waals surface area contributed by atoms with Crippen LogP contribution in [0, 0.1) is 6.92 Å². The largest absolute Gasteiger partial charge is 0.487 e. The van der Waals surface area contributed by atoms with Crippen LogP contribution in [0.1, 0.15) is 16.8 Å². The smallest absolute Gasteiger partial charge is 0.341 e. The van der Waals surface area contributed by atoms with Crippen LogP contribution in [0.5, 0.6) is 11.5 Å². The summed E-state index contributed by atoms with van der Waals surface area (Å²) >= 11 is 1.71. The lowest BCUT2D eigenvalue weighted by molar-refractivity contribution is -0.139. The molecular formula is C22H21NO4S. The molecule has 0 aliphatic carbocycles. The van der Waals surface area contributed by atoms with Gasteiger partial charge in [-0.05, 0) is 60.5 Å². The zero-order valence-electron chi connectivity index (χ0n) is 15.5. The quantitative estimate of drug-likeness (QED) is 0.529. The van der Waals surface area contributed by atoms with Gasteiger partial charge in [-0.15, -0.1) is 11.8 Å². The minimum atomic E-state index is -0.981. The van der Waals surface area contributed by atoms with Gasteiger partial charge in [-0.3, -0.25) is 4.98 Å². The highest BCUT2D eigenvalue weighted by Crippen LogP contribution is 2.28. The van der Waals surface area contributed by atoms with E-state index in [0.29, 0.717) is 12.4 Å². The van der Waals surface area contributed by atoms with Gasteiger partial charge in [0.15, 0.2) is 6.61 Å². The van der Waals surface area contributed by atoms with E-state index in [0.717, 1.165) is 27.7 Å². The Morgan fingerprint density at radius 2 is 1.89 bits per heavy atom. The van der Waals surface area contributed by atoms with Crippen molar-refractivity contribution < 1.29 is 19.4 Å². The number of thioether (sulfide) groups is 1. The Labute approximate surface area is 168 Å². The standard InChI is InChI=1S/C22H21NO4S/c1-16-12-20(9-10-21(16)27-14-22(24)25)28-15-17-5-7-19(8-6-17)26-13-18-4-2-3-11-23-18/h2-12H,13-15H2,1H3,(H,24,25). The minimum absolute atomic E-state index is 0.331. The van der Waals surface area contributed by atoms with Crippen molar-refractivity contribution in [2.45, 2.75) is 24.2 Å². The molecule has 0 atom stereocenters. The molecule has 2 aromatic carbocycles. The number of carbonyl (C=O) groups is 1. The lowest BCUT2D eigenvalue weighted by Gasteiger charge is -2.09. The molecule has 3 aromatic rings. The van der Waals surface area contributed by atoms with E-state index >= 15 is 0 Å². The van der Waals surface area contributed by atoms with Crippen molar-refractivity contribution in [2.75, 3.05) is 6.61 Å². The summed E-state index contributed by atoms with van der Waals surface area (Å²) in [5, 5.41) is 8.70. The predicted molar refractivity (Wildman–Crippen MR) is 109 cm³/mol. The van der Waals surface area contributed by atoms with Crippen molar-refractivity contribution in [3.63, 3.8) is 0 Å². The van der Waals surface area contributed by atoms with Gasteiger partial charge in [-0.2, -0.15) is 0 Å². The summed E-state index contributed by atoms with van der Waals surface area (Å²) in [7, 11) is 0. The van der Waals surface area contributed by atoms with E-state index < -0.39 is 5.97 Å². The van der Waals surface area contributed by atoms with Gasteiger partial charge in [0.1, 0.15) is 18.1 Å². The highest BCUT2D eigenvalue weighted by molar-refractivity contribution is 7.98. The lowest BCUT2D eigenvalue weighted by atomic mass is 10.2. The van der Waals surface area contributed by atoms with Gasteiger partial charge in [-0.1, -0.05) is 18.2 Å². The van der Waals surface area contributed by atoms with Gasteiger partial charge >= 0.3 is 5.97 Å². The van der Waals surface area contributed by atoms with Crippen molar-refractivity contribution in [3.8, 4) is 11.5 Å². The van der Waals surface area contributed by atoms with Crippen LogP contribution in [0.15, 0.2) is 71.8 Å². The molecule has 0 aliphatic rings. The molecule has 28 heavy (non-hydrogen) atoms. The van der Waals surface area contributed by atoms with Gasteiger partial charge in [0, 0.05) is 16.8 Å². The third-order valence-electron chi connectivity index (χ3n) is 3.94. The van der Waals surface area contributed by atoms with Crippen LogP contribution in [0.3, 0.4) is 0 Å². The van der Waals surface area contributed by atoms with E-state index in [1.54, 1.807) is 18.0 Å². The number of aryl methyl sites for hydroxylation is 1. The van der Waals surface area contributed by atoms with Crippen molar-refractivity contribution in [1.29, 1.82) is 0 Å². The number of carboxylic acid groups (broad SMARTS) is 1. The molecule has 0 aliphatic heterocycles. The first-order valence-electron chi connectivity index (χ1n) is 8.80. The summed E-state index contributed by atoms with van der Waals surface area (Å²) in [4.78, 5) is 16.0. The van der Waals surface area contributed by atoms with Crippen LogP contribution in [0.4, 0.5) is 0 Å². The van der Waals surface area contributed by atoms with E-state index in [9.17, 15) is 4.79 Å². The van der Waals surface area contributed by atoms with Crippen molar-refractivity contribution >= 4 is 17.7 Å². The first kappa shape index (κ1) is 19.8. The minimum Gasteiger partial charge on any atom is -0.487 e. The van der Waals surface area contributed by atoms with Crippen LogP contribution in [0.2, 0.25) is 0 Å². The number of aromatic nitrogens is 1. The molecule has 0 bridgehead atoms. The van der Waals surface area contributed by atoms with Crippen molar-refractivity contribution in [3.05, 3.63) is 83.7 Å². The molecular weight excluding hydrogens is 374 g/mol. The number of pyridine rings is 1. The summed E-state index contributed by atoms with van der Waals surface area (Å²) in [5.74, 6) is 1.26. The third-order valence-corrected chi connectivity index (χ3v) is 5.00. The first-order valence-corrected chi connectivity index (χ1v) is 9.78. The number of rotatable bonds is 9. The molecule has 0 amide bonds. The summed E-state index contributed by atoms with van der Waals surface area (Å²) < 4.78 is 11.0. The molecule has 0 spiro atoms. The van der Waals surface area contributed by atoms with Crippen LogP contribution in [0.25, 0.3) is 0 Å². The molecule has 0 fully saturated rings. The second kappa shape index (κ2) is 9.80. The Balaban J connectivity index is 1.50. The molecule has 0 saturated heterocycles. The molecule has 1 aromatic heterocycles. The van der Waals surface area contributed by atoms with Gasteiger partial charge in [0.05, 0.1) is 5.69 Å². The molecule has 0 unspecified atom stereocenters. The van der Waals surface area contributed by atoms with E-state index in [2.05, 4.69) is 17.1 Å². The average Bonchev–Trinajstić information content (AvgIpc) is 2.71. The number of benzene rings is 2. The fraction of sp³-hybridized carbons (Fsp3) is 0.182. The normalized spacial score (nSPS) is 10.5. The van der Waals surface area contributed by atoms with Crippen LogP contribution in [-0.4, -0.2) is 22.7 Å². The van der Waals surface area contributed by atoms with Crippen LogP contribution in [-0.2, 0) is 17.2 Å². The molecule has 1 N–H and O–H groups in total. The number of nitrogens with zero attached hydrogens (tertiary/aromatic N) is 1. The van der Waals surface area contributed by atoms with E-state index in [1.807, 2.05) is 55.5 Å². The van der Waals surface area contributed by atoms with Crippen molar-refractivity contribution in [2.24, 2.45) is 0 Å². The number of hydrogen-bond acceptors (Lipinski definition) is 5. The number of ether oxygens (including phenoxy) is 2. The summed E-state index contributed by atoms with van der Waals surface area (Å²) in [5.41, 5.74) is 3.01. The van der Waals surface area contributed by atoms with E-state index in [-0.39, 0.29) is 6.61 Å². The summed E-state index contributed by atoms with van der Waals surface area (Å²) in [6.45, 7) is 2.03. The summed E-state index contributed by atoms with van der Waals surface area (Å²) in [6.07, 6.45) is 1.76. The number of aliphatic carboxylic acids is 1. The highest BCUT2D eigenvalue weighted by atomic mass is 32.2. The second-order valence-electron chi connectivity index (χ2n) is 6.15. The predicted octanol–water partition coefficient (Wildman–Crippen LogP) is 4.72. The molecule has 1 heterocycles. The topological polar surface area (TPSA) is 68.7 Å². The zero-order valence-corrected chi connectivity index (χ0v) is 16.3. The Bertz CT molecular complexity index is 914. The molecule has 0 radical (unpaired) electrons. The van der Waals surface area contributed by atoms with Gasteiger partial charge in [0.25, 0.3) is 0 Å². The SMILES string of the molecule is Cc1cc(SCc2ccc(OCc3ccccn3)cc2)ccc1OCC(=O)O. The zero-order chi connectivity index (χ0) is 19.8. The maximum Gasteiger partial charge on any atom is 0.341 e. The Hall–Kier alpha value is -2.99. The number of carboxylic acids is 1. The average molecular weight is 395 g/mol. The fourth-order valence-corrected chi connectivity index (χ4v) is 3.45. The number of hydrogen-bond donors (Lipinski definition) is 1. The van der Waals surface area contributed by atoms with Crippen LogP contribution >= 0.6 is 11.8 Å². The van der Waals surface area contributed by atoms with Crippen molar-refractivity contribution in [1.82, 2.24) is 4.98 Å². The van der Waals surface area contributed by atoms with Crippen LogP contribution < -0.4 is 9.47 Å². The van der Waals surface area contributed by atoms with Gasteiger partial charge in [0.2, 0.25) is 0 Å². The molecule has 144 valence electrons.